The molecule has 1 aliphatic rings. The van der Waals surface area contributed by atoms with E-state index in [0.717, 1.165) is 18.7 Å². The minimum absolute atomic E-state index is 0.0585. The Hall–Kier alpha value is -0.490. The number of nitrogens with two attached hydrogens (primary N) is 1. The van der Waals surface area contributed by atoms with E-state index < -0.39 is 0 Å². The first kappa shape index (κ1) is 15.9. The Balaban J connectivity index is 2.17. The molecule has 0 saturated carbocycles. The number of nitrogens with one attached hydrogen (secondary N) is 1. The van der Waals surface area contributed by atoms with Crippen molar-refractivity contribution in [1.29, 1.82) is 0 Å². The van der Waals surface area contributed by atoms with E-state index in [9.17, 15) is 4.39 Å². The summed E-state index contributed by atoms with van der Waals surface area (Å²) in [5.41, 5.74) is 3.82. The zero-order valence-corrected chi connectivity index (χ0v) is 13.7. The molecule has 1 aliphatic heterocycles. The Morgan fingerprint density at radius 1 is 1.40 bits per heavy atom. The first-order valence-corrected chi connectivity index (χ1v) is 7.90. The van der Waals surface area contributed by atoms with Crippen LogP contribution in [0.3, 0.4) is 0 Å². The monoisotopic (exact) mass is 343 g/mol. The Bertz CT molecular complexity index is 458. The van der Waals surface area contributed by atoms with Crippen LogP contribution in [-0.2, 0) is 6.42 Å². The number of hydrogen-bond acceptors (Lipinski definition) is 3. The van der Waals surface area contributed by atoms with Gasteiger partial charge in [0.15, 0.2) is 0 Å². The maximum absolute atomic E-state index is 13.6. The number of halogens is 2. The lowest BCUT2D eigenvalue weighted by Gasteiger charge is -2.42. The first-order chi connectivity index (χ1) is 9.46. The Morgan fingerprint density at radius 2 is 2.05 bits per heavy atom. The van der Waals surface area contributed by atoms with Crippen molar-refractivity contribution >= 4 is 15.9 Å². The van der Waals surface area contributed by atoms with Crippen LogP contribution < -0.4 is 11.3 Å². The molecule has 0 bridgehead atoms. The fourth-order valence-electron chi connectivity index (χ4n) is 2.95. The Morgan fingerprint density at radius 3 is 2.65 bits per heavy atom. The molecule has 1 aromatic rings. The van der Waals surface area contributed by atoms with Gasteiger partial charge < -0.3 is 0 Å². The van der Waals surface area contributed by atoms with Gasteiger partial charge in [-0.25, -0.2) is 4.39 Å². The van der Waals surface area contributed by atoms with Crippen LogP contribution in [0.2, 0.25) is 0 Å². The predicted octanol–water partition coefficient (Wildman–Crippen LogP) is 2.84. The molecule has 2 rings (SSSR count). The van der Waals surface area contributed by atoms with E-state index in [0.29, 0.717) is 10.9 Å². The number of hydrazine groups is 1. The van der Waals surface area contributed by atoms with E-state index in [2.05, 4.69) is 40.1 Å². The zero-order valence-electron chi connectivity index (χ0n) is 12.1. The van der Waals surface area contributed by atoms with E-state index in [1.165, 1.54) is 18.9 Å². The largest absolute Gasteiger partial charge is 0.297 e. The first-order valence-electron chi connectivity index (χ1n) is 7.11. The van der Waals surface area contributed by atoms with Crippen LogP contribution in [0, 0.1) is 5.82 Å². The van der Waals surface area contributed by atoms with Gasteiger partial charge >= 0.3 is 0 Å². The highest BCUT2D eigenvalue weighted by atomic mass is 79.9. The number of hydrogen-bond donors (Lipinski definition) is 2. The molecule has 1 aromatic carbocycles. The summed E-state index contributed by atoms with van der Waals surface area (Å²) in [4.78, 5) is 2.46. The third kappa shape index (κ3) is 3.22. The fraction of sp³-hybridized carbons (Fsp3) is 0.600. The molecule has 3 N–H and O–H groups in total. The number of benzene rings is 1. The van der Waals surface area contributed by atoms with Gasteiger partial charge in [-0.3, -0.25) is 16.2 Å². The maximum atomic E-state index is 13.6. The molecule has 1 atom stereocenters. The molecule has 3 nitrogen and oxygen atoms in total. The van der Waals surface area contributed by atoms with Gasteiger partial charge in [0.1, 0.15) is 5.82 Å². The van der Waals surface area contributed by atoms with Gasteiger partial charge in [-0.2, -0.15) is 0 Å². The molecule has 1 fully saturated rings. The normalized spacial score (nSPS) is 18.4. The molecular weight excluding hydrogens is 321 g/mol. The van der Waals surface area contributed by atoms with E-state index in [1.54, 1.807) is 6.07 Å². The molecule has 1 heterocycles. The van der Waals surface area contributed by atoms with Crippen molar-refractivity contribution in [3.8, 4) is 0 Å². The smallest absolute Gasteiger partial charge is 0.137 e. The molecule has 1 saturated heterocycles. The molecule has 5 heteroatoms. The van der Waals surface area contributed by atoms with Gasteiger partial charge in [-0.05, 0) is 73.8 Å². The van der Waals surface area contributed by atoms with Gasteiger partial charge in [0.2, 0.25) is 0 Å². The molecule has 0 radical (unpaired) electrons. The minimum Gasteiger partial charge on any atom is -0.297 e. The average molecular weight is 344 g/mol. The summed E-state index contributed by atoms with van der Waals surface area (Å²) in [6.07, 6.45) is 3.17. The SMILES string of the molecule is CC(C)(C(Cc1cccc(F)c1Br)NN)N1CCCC1. The Labute approximate surface area is 128 Å². The van der Waals surface area contributed by atoms with Gasteiger partial charge in [0.25, 0.3) is 0 Å². The van der Waals surface area contributed by atoms with Crippen molar-refractivity contribution in [3.05, 3.63) is 34.1 Å². The van der Waals surface area contributed by atoms with Gasteiger partial charge in [0.05, 0.1) is 4.47 Å². The number of rotatable bonds is 5. The van der Waals surface area contributed by atoms with Crippen LogP contribution in [0.15, 0.2) is 22.7 Å². The van der Waals surface area contributed by atoms with Gasteiger partial charge in [-0.15, -0.1) is 0 Å². The second-order valence-corrected chi connectivity index (χ2v) is 6.78. The average Bonchev–Trinajstić information content (AvgIpc) is 2.95. The topological polar surface area (TPSA) is 41.3 Å². The fourth-order valence-corrected chi connectivity index (χ4v) is 3.38. The minimum atomic E-state index is -0.225. The van der Waals surface area contributed by atoms with Gasteiger partial charge in [0, 0.05) is 11.6 Å². The molecule has 112 valence electrons. The molecule has 0 aromatic heterocycles. The van der Waals surface area contributed by atoms with Crippen molar-refractivity contribution in [2.24, 2.45) is 5.84 Å². The van der Waals surface area contributed by atoms with Crippen molar-refractivity contribution in [2.75, 3.05) is 13.1 Å². The van der Waals surface area contributed by atoms with Crippen LogP contribution in [0.1, 0.15) is 32.3 Å². The summed E-state index contributed by atoms with van der Waals surface area (Å²) in [5.74, 6) is 5.55. The standard InChI is InChI=1S/C15H23BrFN3/c1-15(2,20-8-3-4-9-20)13(19-18)10-11-6-5-7-12(17)14(11)16/h5-7,13,19H,3-4,8-10,18H2,1-2H3. The molecule has 20 heavy (non-hydrogen) atoms. The maximum Gasteiger partial charge on any atom is 0.137 e. The second-order valence-electron chi connectivity index (χ2n) is 5.98. The highest BCUT2D eigenvalue weighted by Gasteiger charge is 2.36. The summed E-state index contributed by atoms with van der Waals surface area (Å²) in [7, 11) is 0. The number of nitrogens with zero attached hydrogens (tertiary/aromatic N) is 1. The van der Waals surface area contributed by atoms with Crippen molar-refractivity contribution in [2.45, 2.75) is 44.7 Å². The quantitative estimate of drug-likeness (QED) is 0.638. The van der Waals surface area contributed by atoms with Crippen molar-refractivity contribution in [1.82, 2.24) is 10.3 Å². The highest BCUT2D eigenvalue weighted by molar-refractivity contribution is 9.10. The summed E-state index contributed by atoms with van der Waals surface area (Å²) < 4.78 is 14.2. The van der Waals surface area contributed by atoms with Crippen LogP contribution in [0.25, 0.3) is 0 Å². The van der Waals surface area contributed by atoms with Crippen molar-refractivity contribution < 1.29 is 4.39 Å². The Kier molecular flexibility index (Phi) is 5.18. The summed E-state index contributed by atoms with van der Waals surface area (Å²) >= 11 is 3.33. The molecule has 0 spiro atoms. The summed E-state index contributed by atoms with van der Waals surface area (Å²) in [6, 6.07) is 5.21. The van der Waals surface area contributed by atoms with Gasteiger partial charge in [-0.1, -0.05) is 12.1 Å². The van der Waals surface area contributed by atoms with E-state index in [1.807, 2.05) is 6.07 Å². The van der Waals surface area contributed by atoms with Crippen LogP contribution in [0.5, 0.6) is 0 Å². The van der Waals surface area contributed by atoms with Crippen molar-refractivity contribution in [3.63, 3.8) is 0 Å². The second kappa shape index (κ2) is 6.52. The van der Waals surface area contributed by atoms with Crippen LogP contribution in [0.4, 0.5) is 4.39 Å². The summed E-state index contributed by atoms with van der Waals surface area (Å²) in [6.45, 7) is 6.62. The van der Waals surface area contributed by atoms with Crippen LogP contribution in [-0.4, -0.2) is 29.6 Å². The lowest BCUT2D eigenvalue weighted by atomic mass is 9.88. The highest BCUT2D eigenvalue weighted by Crippen LogP contribution is 2.28. The third-order valence-corrected chi connectivity index (χ3v) is 5.32. The molecule has 1 unspecified atom stereocenters. The van der Waals surface area contributed by atoms with E-state index >= 15 is 0 Å². The van der Waals surface area contributed by atoms with Crippen LogP contribution >= 0.6 is 15.9 Å². The van der Waals surface area contributed by atoms with E-state index in [-0.39, 0.29) is 17.4 Å². The molecule has 0 aliphatic carbocycles. The third-order valence-electron chi connectivity index (χ3n) is 4.43. The summed E-state index contributed by atoms with van der Waals surface area (Å²) in [5, 5.41) is 0. The van der Waals surface area contributed by atoms with E-state index in [4.69, 9.17) is 5.84 Å². The lowest BCUT2D eigenvalue weighted by molar-refractivity contribution is 0.106. The molecule has 0 amide bonds. The lowest BCUT2D eigenvalue weighted by Crippen LogP contribution is -2.59. The predicted molar refractivity (Wildman–Crippen MR) is 83.8 cm³/mol. The number of likely N-dealkylation sites (tertiary alicyclic amines) is 1. The zero-order chi connectivity index (χ0) is 14.8. The molecular formula is C15H23BrFN3.